The SMILES string of the molecule is O=c1[nH]ncc(NCC2CN3CCCC3CO2)c1Cl. The number of anilines is 1. The maximum absolute atomic E-state index is 11.3. The summed E-state index contributed by atoms with van der Waals surface area (Å²) in [7, 11) is 0. The molecule has 0 spiro atoms. The van der Waals surface area contributed by atoms with Crippen LogP contribution in [0, 0.1) is 0 Å². The standard InChI is InChI=1S/C12H17ClN4O2/c13-11-10(5-15-16-12(11)18)14-4-9-6-17-3-1-2-8(17)7-19-9/h5,8-9H,1-4,6-7H2,(H2,14,16,18). The van der Waals surface area contributed by atoms with Gasteiger partial charge in [-0.1, -0.05) is 11.6 Å². The molecule has 2 N–H and O–H groups in total. The van der Waals surface area contributed by atoms with E-state index in [1.54, 1.807) is 0 Å². The third-order valence-corrected chi connectivity index (χ3v) is 4.15. The summed E-state index contributed by atoms with van der Waals surface area (Å²) < 4.78 is 5.83. The summed E-state index contributed by atoms with van der Waals surface area (Å²) in [6, 6.07) is 0.598. The number of fused-ring (bicyclic) bond motifs is 1. The molecule has 0 aliphatic carbocycles. The van der Waals surface area contributed by atoms with Gasteiger partial charge in [0, 0.05) is 19.1 Å². The predicted molar refractivity (Wildman–Crippen MR) is 72.7 cm³/mol. The highest BCUT2D eigenvalue weighted by Gasteiger charge is 2.32. The average Bonchev–Trinajstić information content (AvgIpc) is 2.88. The Hall–Kier alpha value is -1.11. The minimum atomic E-state index is -0.379. The van der Waals surface area contributed by atoms with Gasteiger partial charge < -0.3 is 10.1 Å². The molecule has 0 bridgehead atoms. The molecule has 3 rings (SSSR count). The number of ether oxygens (including phenoxy) is 1. The minimum absolute atomic E-state index is 0.129. The Labute approximate surface area is 116 Å². The van der Waals surface area contributed by atoms with Crippen LogP contribution in [0.25, 0.3) is 0 Å². The summed E-state index contributed by atoms with van der Waals surface area (Å²) in [5, 5.41) is 9.30. The first-order chi connectivity index (χ1) is 9.24. The number of hydrogen-bond donors (Lipinski definition) is 2. The van der Waals surface area contributed by atoms with Crippen molar-refractivity contribution in [1.29, 1.82) is 0 Å². The summed E-state index contributed by atoms with van der Waals surface area (Å²) in [6.07, 6.45) is 4.15. The number of aromatic amines is 1. The van der Waals surface area contributed by atoms with E-state index in [1.807, 2.05) is 0 Å². The van der Waals surface area contributed by atoms with Gasteiger partial charge in [-0.3, -0.25) is 9.69 Å². The van der Waals surface area contributed by atoms with E-state index in [9.17, 15) is 4.79 Å². The van der Waals surface area contributed by atoms with E-state index in [2.05, 4.69) is 20.4 Å². The second kappa shape index (κ2) is 5.48. The van der Waals surface area contributed by atoms with E-state index in [0.717, 1.165) is 19.7 Å². The van der Waals surface area contributed by atoms with Crippen LogP contribution in [0.2, 0.25) is 5.02 Å². The van der Waals surface area contributed by atoms with Crippen LogP contribution < -0.4 is 10.9 Å². The molecule has 0 saturated carbocycles. The molecule has 2 aliphatic heterocycles. The predicted octanol–water partition coefficient (Wildman–Crippen LogP) is 0.698. The Kier molecular flexibility index (Phi) is 3.72. The van der Waals surface area contributed by atoms with Crippen molar-refractivity contribution in [3.63, 3.8) is 0 Å². The molecule has 2 atom stereocenters. The Morgan fingerprint density at radius 3 is 3.42 bits per heavy atom. The molecule has 104 valence electrons. The molecule has 2 unspecified atom stereocenters. The fourth-order valence-electron chi connectivity index (χ4n) is 2.74. The number of halogens is 1. The number of H-pyrrole nitrogens is 1. The smallest absolute Gasteiger partial charge is 0.285 e. The van der Waals surface area contributed by atoms with Gasteiger partial charge in [-0.2, -0.15) is 5.10 Å². The van der Waals surface area contributed by atoms with E-state index in [0.29, 0.717) is 18.3 Å². The first-order valence-electron chi connectivity index (χ1n) is 6.57. The van der Waals surface area contributed by atoms with Gasteiger partial charge in [0.2, 0.25) is 0 Å². The Morgan fingerprint density at radius 1 is 1.63 bits per heavy atom. The largest absolute Gasteiger partial charge is 0.380 e. The van der Waals surface area contributed by atoms with Crippen molar-refractivity contribution in [3.8, 4) is 0 Å². The molecule has 1 aromatic rings. The van der Waals surface area contributed by atoms with Crippen LogP contribution in [-0.2, 0) is 4.74 Å². The number of hydrogen-bond acceptors (Lipinski definition) is 5. The van der Waals surface area contributed by atoms with Gasteiger partial charge in [0.1, 0.15) is 5.02 Å². The van der Waals surface area contributed by atoms with Crippen molar-refractivity contribution in [2.24, 2.45) is 0 Å². The number of nitrogens with zero attached hydrogens (tertiary/aromatic N) is 2. The van der Waals surface area contributed by atoms with Gasteiger partial charge in [0.25, 0.3) is 5.56 Å². The van der Waals surface area contributed by atoms with Crippen LogP contribution in [0.4, 0.5) is 5.69 Å². The van der Waals surface area contributed by atoms with E-state index < -0.39 is 0 Å². The van der Waals surface area contributed by atoms with Crippen LogP contribution in [-0.4, -0.2) is 53.5 Å². The van der Waals surface area contributed by atoms with Crippen LogP contribution in [0.5, 0.6) is 0 Å². The lowest BCUT2D eigenvalue weighted by molar-refractivity contribution is -0.0415. The maximum Gasteiger partial charge on any atom is 0.285 e. The number of morpholine rings is 1. The van der Waals surface area contributed by atoms with Crippen molar-refractivity contribution in [1.82, 2.24) is 15.1 Å². The maximum atomic E-state index is 11.3. The highest BCUT2D eigenvalue weighted by molar-refractivity contribution is 6.32. The van der Waals surface area contributed by atoms with Gasteiger partial charge in [0.05, 0.1) is 24.6 Å². The molecule has 3 heterocycles. The molecule has 0 aromatic carbocycles. The molecule has 0 amide bonds. The highest BCUT2D eigenvalue weighted by atomic mass is 35.5. The summed E-state index contributed by atoms with van der Waals surface area (Å²) in [4.78, 5) is 13.8. The van der Waals surface area contributed by atoms with Gasteiger partial charge >= 0.3 is 0 Å². The zero-order valence-corrected chi connectivity index (χ0v) is 11.3. The molecule has 2 saturated heterocycles. The molecular formula is C12H17ClN4O2. The fraction of sp³-hybridized carbons (Fsp3) is 0.667. The zero-order chi connectivity index (χ0) is 13.2. The Morgan fingerprint density at radius 2 is 2.53 bits per heavy atom. The fourth-order valence-corrected chi connectivity index (χ4v) is 2.90. The molecule has 7 heteroatoms. The Balaban J connectivity index is 1.57. The van der Waals surface area contributed by atoms with Crippen LogP contribution >= 0.6 is 11.6 Å². The van der Waals surface area contributed by atoms with E-state index in [4.69, 9.17) is 16.3 Å². The molecule has 19 heavy (non-hydrogen) atoms. The molecule has 2 fully saturated rings. The first-order valence-corrected chi connectivity index (χ1v) is 6.94. The highest BCUT2D eigenvalue weighted by Crippen LogP contribution is 2.23. The molecule has 0 radical (unpaired) electrons. The zero-order valence-electron chi connectivity index (χ0n) is 10.6. The van der Waals surface area contributed by atoms with Crippen molar-refractivity contribution in [2.75, 3.05) is 31.6 Å². The second-order valence-electron chi connectivity index (χ2n) is 5.05. The minimum Gasteiger partial charge on any atom is -0.380 e. The first kappa shape index (κ1) is 12.9. The lowest BCUT2D eigenvalue weighted by atomic mass is 10.2. The number of aromatic nitrogens is 2. The lowest BCUT2D eigenvalue weighted by Gasteiger charge is -2.35. The summed E-state index contributed by atoms with van der Waals surface area (Å²) in [5.74, 6) is 0. The molecule has 1 aromatic heterocycles. The van der Waals surface area contributed by atoms with Crippen LogP contribution in [0.15, 0.2) is 11.0 Å². The second-order valence-corrected chi connectivity index (χ2v) is 5.43. The lowest BCUT2D eigenvalue weighted by Crippen LogP contribution is -2.48. The molecule has 2 aliphatic rings. The average molecular weight is 285 g/mol. The van der Waals surface area contributed by atoms with Crippen molar-refractivity contribution < 1.29 is 4.74 Å². The third kappa shape index (κ3) is 2.75. The van der Waals surface area contributed by atoms with Crippen LogP contribution in [0.3, 0.4) is 0 Å². The normalized spacial score (nSPS) is 27.2. The van der Waals surface area contributed by atoms with Crippen molar-refractivity contribution in [2.45, 2.75) is 25.0 Å². The quantitative estimate of drug-likeness (QED) is 0.855. The van der Waals surface area contributed by atoms with E-state index in [1.165, 1.54) is 19.0 Å². The van der Waals surface area contributed by atoms with E-state index >= 15 is 0 Å². The number of nitrogens with one attached hydrogen (secondary N) is 2. The summed E-state index contributed by atoms with van der Waals surface area (Å²) in [6.45, 7) is 3.53. The topological polar surface area (TPSA) is 70.2 Å². The Bertz CT molecular complexity index is 507. The van der Waals surface area contributed by atoms with Gasteiger partial charge in [-0.15, -0.1) is 0 Å². The van der Waals surface area contributed by atoms with Crippen LogP contribution in [0.1, 0.15) is 12.8 Å². The monoisotopic (exact) mass is 284 g/mol. The van der Waals surface area contributed by atoms with Crippen molar-refractivity contribution >= 4 is 17.3 Å². The number of rotatable bonds is 3. The van der Waals surface area contributed by atoms with Crippen molar-refractivity contribution in [3.05, 3.63) is 21.6 Å². The van der Waals surface area contributed by atoms with Gasteiger partial charge in [-0.25, -0.2) is 5.10 Å². The molecular weight excluding hydrogens is 268 g/mol. The van der Waals surface area contributed by atoms with Gasteiger partial charge in [-0.05, 0) is 19.4 Å². The third-order valence-electron chi connectivity index (χ3n) is 3.78. The molecule has 6 nitrogen and oxygen atoms in total. The summed E-state index contributed by atoms with van der Waals surface area (Å²) in [5.41, 5.74) is 0.174. The van der Waals surface area contributed by atoms with E-state index in [-0.39, 0.29) is 16.7 Å². The van der Waals surface area contributed by atoms with Gasteiger partial charge in [0.15, 0.2) is 0 Å². The summed E-state index contributed by atoms with van der Waals surface area (Å²) >= 11 is 5.90.